The van der Waals surface area contributed by atoms with Gasteiger partial charge >= 0.3 is 11.9 Å². The van der Waals surface area contributed by atoms with Crippen molar-refractivity contribution in [3.8, 4) is 16.2 Å². The third-order valence-corrected chi connectivity index (χ3v) is 9.53. The molecule has 1 saturated heterocycles. The summed E-state index contributed by atoms with van der Waals surface area (Å²) < 4.78 is 16.7. The number of ether oxygens (including phenoxy) is 3. The molecule has 1 unspecified atom stereocenters. The average Bonchev–Trinajstić information content (AvgIpc) is 3.33. The molecule has 1 amide bonds. The number of thiophene rings is 1. The van der Waals surface area contributed by atoms with E-state index in [0.29, 0.717) is 4.47 Å². The number of hydrogen-bond donors (Lipinski definition) is 2. The van der Waals surface area contributed by atoms with Crippen LogP contribution in [0.15, 0.2) is 53.0 Å². The maximum atomic E-state index is 14.0. The number of likely N-dealkylation sites (N-methyl/N-ethyl adjacent to an activating group) is 1. The molecule has 1 atom stereocenters. The molecule has 1 aliphatic rings. The minimum Gasteiger partial charge on any atom is -0.479 e. The maximum Gasteiger partial charge on any atom is 0.351 e. The van der Waals surface area contributed by atoms with Gasteiger partial charge in [-0.25, -0.2) is 9.59 Å². The molecule has 44 heavy (non-hydrogen) atoms. The number of para-hydroxylation sites is 1. The fourth-order valence-electron chi connectivity index (χ4n) is 5.20. The molecule has 2 N–H and O–H groups in total. The van der Waals surface area contributed by atoms with Crippen molar-refractivity contribution in [1.82, 2.24) is 5.32 Å². The molecule has 4 rings (SSSR count). The van der Waals surface area contributed by atoms with Gasteiger partial charge in [0, 0.05) is 18.4 Å². The second kappa shape index (κ2) is 14.6. The Morgan fingerprint density at radius 2 is 1.82 bits per heavy atom. The van der Waals surface area contributed by atoms with Crippen LogP contribution in [0, 0.1) is 12.8 Å². The minimum atomic E-state index is -0.668. The average molecular weight is 687 g/mol. The number of anilines is 2. The topological polar surface area (TPSA) is 106 Å². The molecule has 236 valence electrons. The minimum absolute atomic E-state index is 0.000265. The molecule has 11 heteroatoms. The van der Waals surface area contributed by atoms with Crippen LogP contribution in [0.25, 0.3) is 10.4 Å². The molecular weight excluding hydrogens is 646 g/mol. The van der Waals surface area contributed by atoms with Crippen LogP contribution in [0.2, 0.25) is 0 Å². The number of hydrogen-bond acceptors (Lipinski definition) is 9. The van der Waals surface area contributed by atoms with Gasteiger partial charge in [-0.05, 0) is 105 Å². The van der Waals surface area contributed by atoms with E-state index in [4.69, 9.17) is 14.2 Å². The number of aryl methyl sites for hydroxylation is 1. The van der Waals surface area contributed by atoms with Crippen LogP contribution >= 0.6 is 27.3 Å². The van der Waals surface area contributed by atoms with E-state index < -0.39 is 23.6 Å². The van der Waals surface area contributed by atoms with Gasteiger partial charge in [0.05, 0.1) is 16.5 Å². The lowest BCUT2D eigenvalue weighted by atomic mass is 9.89. The normalized spacial score (nSPS) is 14.4. The van der Waals surface area contributed by atoms with Crippen LogP contribution < -0.4 is 20.3 Å². The molecule has 9 nitrogen and oxygen atoms in total. The van der Waals surface area contributed by atoms with Gasteiger partial charge in [-0.2, -0.15) is 0 Å². The highest BCUT2D eigenvalue weighted by Crippen LogP contribution is 2.46. The van der Waals surface area contributed by atoms with E-state index in [0.717, 1.165) is 53.3 Å². The highest BCUT2D eigenvalue weighted by Gasteiger charge is 2.33. The quantitative estimate of drug-likeness (QED) is 0.235. The summed E-state index contributed by atoms with van der Waals surface area (Å²) in [5.74, 6) is -0.774. The summed E-state index contributed by atoms with van der Waals surface area (Å²) in [6.07, 6.45) is 1.75. The summed E-state index contributed by atoms with van der Waals surface area (Å²) in [4.78, 5) is 41.7. The number of carbonyl (C=O) groups is 3. The number of piperidine rings is 1. The standard InChI is InChI=1S/C33H40BrN3O6S/c1-20-10-7-8-13-24(20)37(5)31(39)27(21-14-16-35-17-15-21)36-23-12-9-11-22(18-23)29-26(34)28(30(44-29)32(40)41-6)42-19-25(38)43-33(2,3)4/h7-13,18,21,27,35-36H,14-17,19H2,1-6H3. The Morgan fingerprint density at radius 3 is 2.48 bits per heavy atom. The van der Waals surface area contributed by atoms with Crippen molar-refractivity contribution in [1.29, 1.82) is 0 Å². The molecular formula is C33H40BrN3O6S. The van der Waals surface area contributed by atoms with Crippen LogP contribution in [-0.2, 0) is 19.1 Å². The van der Waals surface area contributed by atoms with Gasteiger partial charge in [-0.15, -0.1) is 11.3 Å². The number of halogens is 1. The summed E-state index contributed by atoms with van der Waals surface area (Å²) in [6, 6.07) is 15.1. The van der Waals surface area contributed by atoms with Crippen molar-refractivity contribution >= 4 is 56.5 Å². The summed E-state index contributed by atoms with van der Waals surface area (Å²) in [7, 11) is 3.12. The van der Waals surface area contributed by atoms with E-state index in [1.165, 1.54) is 18.4 Å². The highest BCUT2D eigenvalue weighted by atomic mass is 79.9. The monoisotopic (exact) mass is 685 g/mol. The lowest BCUT2D eigenvalue weighted by Gasteiger charge is -2.34. The number of nitrogens with zero attached hydrogens (tertiary/aromatic N) is 1. The summed E-state index contributed by atoms with van der Waals surface area (Å²) in [5.41, 5.74) is 2.81. The Labute approximate surface area is 271 Å². The maximum absolute atomic E-state index is 14.0. The number of methoxy groups -OCH3 is 1. The predicted octanol–water partition coefficient (Wildman–Crippen LogP) is 6.44. The molecule has 0 aliphatic carbocycles. The van der Waals surface area contributed by atoms with E-state index in [1.807, 2.05) is 62.5 Å². The molecule has 0 saturated carbocycles. The molecule has 1 fully saturated rings. The zero-order valence-electron chi connectivity index (χ0n) is 26.0. The number of rotatable bonds is 10. The number of benzene rings is 2. The number of carbonyl (C=O) groups excluding carboxylic acids is 3. The zero-order chi connectivity index (χ0) is 32.0. The first-order chi connectivity index (χ1) is 20.9. The molecule has 0 bridgehead atoms. The van der Waals surface area contributed by atoms with E-state index in [9.17, 15) is 14.4 Å². The number of nitrogens with one attached hydrogen (secondary N) is 2. The first kappa shape index (κ1) is 33.5. The van der Waals surface area contributed by atoms with Crippen molar-refractivity contribution in [3.63, 3.8) is 0 Å². The Bertz CT molecular complexity index is 1490. The Hall–Kier alpha value is -3.41. The van der Waals surface area contributed by atoms with Crippen molar-refractivity contribution in [2.45, 2.75) is 52.2 Å². The molecule has 1 aliphatic heterocycles. The van der Waals surface area contributed by atoms with Crippen molar-refractivity contribution < 1.29 is 28.6 Å². The fourth-order valence-corrected chi connectivity index (χ4v) is 7.16. The smallest absolute Gasteiger partial charge is 0.351 e. The number of esters is 2. The lowest BCUT2D eigenvalue weighted by Crippen LogP contribution is -2.48. The predicted molar refractivity (Wildman–Crippen MR) is 178 cm³/mol. The van der Waals surface area contributed by atoms with E-state index in [2.05, 4.69) is 26.6 Å². The van der Waals surface area contributed by atoms with Crippen LogP contribution in [0.5, 0.6) is 5.75 Å². The van der Waals surface area contributed by atoms with E-state index in [-0.39, 0.29) is 29.1 Å². The van der Waals surface area contributed by atoms with Crippen molar-refractivity contribution in [2.75, 3.05) is 44.1 Å². The zero-order valence-corrected chi connectivity index (χ0v) is 28.4. The van der Waals surface area contributed by atoms with Crippen molar-refractivity contribution in [2.24, 2.45) is 5.92 Å². The van der Waals surface area contributed by atoms with E-state index in [1.54, 1.807) is 25.7 Å². The van der Waals surface area contributed by atoms with Crippen LogP contribution in [-0.4, -0.2) is 63.3 Å². The second-order valence-corrected chi connectivity index (χ2v) is 13.6. The fraction of sp³-hybridized carbons (Fsp3) is 0.424. The first-order valence-corrected chi connectivity index (χ1v) is 16.2. The second-order valence-electron chi connectivity index (χ2n) is 11.7. The van der Waals surface area contributed by atoms with Crippen LogP contribution in [0.3, 0.4) is 0 Å². The molecule has 0 radical (unpaired) electrons. The first-order valence-electron chi connectivity index (χ1n) is 14.6. The van der Waals surface area contributed by atoms with Crippen LogP contribution in [0.1, 0.15) is 48.8 Å². The molecule has 2 heterocycles. The van der Waals surface area contributed by atoms with Crippen molar-refractivity contribution in [3.05, 3.63) is 63.4 Å². The molecule has 0 spiro atoms. The van der Waals surface area contributed by atoms with Gasteiger partial charge in [0.2, 0.25) is 5.91 Å². The van der Waals surface area contributed by atoms with Gasteiger partial charge in [0.1, 0.15) is 11.6 Å². The van der Waals surface area contributed by atoms with Gasteiger partial charge in [-0.3, -0.25) is 4.79 Å². The Morgan fingerprint density at radius 1 is 1.11 bits per heavy atom. The van der Waals surface area contributed by atoms with Gasteiger partial charge in [0.25, 0.3) is 0 Å². The largest absolute Gasteiger partial charge is 0.479 e. The van der Waals surface area contributed by atoms with E-state index >= 15 is 0 Å². The Kier molecular flexibility index (Phi) is 11.1. The summed E-state index contributed by atoms with van der Waals surface area (Å²) in [5, 5.41) is 6.95. The lowest BCUT2D eigenvalue weighted by molar-refractivity contribution is -0.157. The molecule has 2 aromatic carbocycles. The highest BCUT2D eigenvalue weighted by molar-refractivity contribution is 9.10. The summed E-state index contributed by atoms with van der Waals surface area (Å²) >= 11 is 4.79. The summed E-state index contributed by atoms with van der Waals surface area (Å²) in [6.45, 7) is 8.66. The Balaban J connectivity index is 1.63. The molecule has 1 aromatic heterocycles. The molecule has 3 aromatic rings. The van der Waals surface area contributed by atoms with Gasteiger partial charge < -0.3 is 29.7 Å². The van der Waals surface area contributed by atoms with Gasteiger partial charge in [-0.1, -0.05) is 30.3 Å². The third kappa shape index (κ3) is 8.19. The van der Waals surface area contributed by atoms with Gasteiger partial charge in [0.15, 0.2) is 17.2 Å². The third-order valence-electron chi connectivity index (χ3n) is 7.31. The SMILES string of the molecule is COC(=O)c1sc(-c2cccc(NC(C(=O)N(C)c3ccccc3C)C3CCNCC3)c2)c(Br)c1OCC(=O)OC(C)(C)C. The van der Waals surface area contributed by atoms with Crippen LogP contribution in [0.4, 0.5) is 11.4 Å². The number of amides is 1.